The minimum atomic E-state index is -0.706. The highest BCUT2D eigenvalue weighted by Crippen LogP contribution is 2.44. The number of benzene rings is 1. The molecule has 0 saturated heterocycles. The van der Waals surface area contributed by atoms with Gasteiger partial charge >= 0.3 is 5.97 Å². The number of aryl methyl sites for hydroxylation is 1. The highest BCUT2D eigenvalue weighted by atomic mass is 16.4. The summed E-state index contributed by atoms with van der Waals surface area (Å²) in [5, 5.41) is 19.1. The maximum absolute atomic E-state index is 11.4. The summed E-state index contributed by atoms with van der Waals surface area (Å²) in [6.07, 6.45) is 3.99. The SMILES string of the molecule is CC(C)(O)CCc1ccc(C2(C(=O)O)CCC2)cc1. The van der Waals surface area contributed by atoms with Crippen molar-refractivity contribution in [2.75, 3.05) is 0 Å². The lowest BCUT2D eigenvalue weighted by molar-refractivity contribution is -0.147. The Morgan fingerprint density at radius 3 is 2.21 bits per heavy atom. The first kappa shape index (κ1) is 14.1. The summed E-state index contributed by atoms with van der Waals surface area (Å²) in [6, 6.07) is 7.86. The van der Waals surface area contributed by atoms with E-state index in [2.05, 4.69) is 0 Å². The summed E-state index contributed by atoms with van der Waals surface area (Å²) in [7, 11) is 0. The Labute approximate surface area is 114 Å². The molecule has 19 heavy (non-hydrogen) atoms. The van der Waals surface area contributed by atoms with Crippen LogP contribution in [0.2, 0.25) is 0 Å². The third-order valence-electron chi connectivity index (χ3n) is 4.15. The molecule has 1 aromatic carbocycles. The van der Waals surface area contributed by atoms with E-state index in [0.717, 1.165) is 36.8 Å². The Bertz CT molecular complexity index is 450. The molecule has 0 aliphatic heterocycles. The van der Waals surface area contributed by atoms with Crippen LogP contribution in [-0.2, 0) is 16.6 Å². The van der Waals surface area contributed by atoms with Gasteiger partial charge in [0.05, 0.1) is 11.0 Å². The Hall–Kier alpha value is -1.35. The Balaban J connectivity index is 2.08. The van der Waals surface area contributed by atoms with Gasteiger partial charge in [0, 0.05) is 0 Å². The summed E-state index contributed by atoms with van der Waals surface area (Å²) in [6.45, 7) is 3.60. The summed E-state index contributed by atoms with van der Waals surface area (Å²) < 4.78 is 0. The fourth-order valence-corrected chi connectivity index (χ4v) is 2.60. The third kappa shape index (κ3) is 2.98. The zero-order chi connectivity index (χ0) is 14.1. The summed E-state index contributed by atoms with van der Waals surface area (Å²) in [5.74, 6) is -0.706. The van der Waals surface area contributed by atoms with Gasteiger partial charge in [-0.05, 0) is 50.7 Å². The number of aliphatic carboxylic acids is 1. The minimum Gasteiger partial charge on any atom is -0.481 e. The molecule has 2 rings (SSSR count). The molecular weight excluding hydrogens is 240 g/mol. The molecule has 1 aliphatic carbocycles. The van der Waals surface area contributed by atoms with Crippen LogP contribution in [0.15, 0.2) is 24.3 Å². The molecule has 1 aromatic rings. The summed E-state index contributed by atoms with van der Waals surface area (Å²) in [4.78, 5) is 11.4. The first-order valence-electron chi connectivity index (χ1n) is 6.89. The van der Waals surface area contributed by atoms with Crippen LogP contribution in [0.4, 0.5) is 0 Å². The second-order valence-electron chi connectivity index (χ2n) is 6.25. The van der Waals surface area contributed by atoms with Crippen molar-refractivity contribution in [3.8, 4) is 0 Å². The number of aliphatic hydroxyl groups is 1. The standard InChI is InChI=1S/C16H22O3/c1-15(2,19)11-8-12-4-6-13(7-5-12)16(14(17)18)9-3-10-16/h4-7,19H,3,8-11H2,1-2H3,(H,17,18). The Kier molecular flexibility index (Phi) is 3.68. The van der Waals surface area contributed by atoms with Crippen molar-refractivity contribution in [1.82, 2.24) is 0 Å². The Morgan fingerprint density at radius 2 is 1.84 bits per heavy atom. The van der Waals surface area contributed by atoms with Gasteiger partial charge in [0.15, 0.2) is 0 Å². The van der Waals surface area contributed by atoms with E-state index in [1.807, 2.05) is 24.3 Å². The minimum absolute atomic E-state index is 0.644. The van der Waals surface area contributed by atoms with Crippen LogP contribution >= 0.6 is 0 Å². The zero-order valence-electron chi connectivity index (χ0n) is 11.6. The van der Waals surface area contributed by atoms with E-state index in [-0.39, 0.29) is 0 Å². The number of hydrogen-bond acceptors (Lipinski definition) is 2. The van der Waals surface area contributed by atoms with Crippen molar-refractivity contribution in [2.24, 2.45) is 0 Å². The Morgan fingerprint density at radius 1 is 1.26 bits per heavy atom. The number of carbonyl (C=O) groups is 1. The zero-order valence-corrected chi connectivity index (χ0v) is 11.6. The van der Waals surface area contributed by atoms with Gasteiger partial charge in [-0.2, -0.15) is 0 Å². The lowest BCUT2D eigenvalue weighted by atomic mass is 9.64. The van der Waals surface area contributed by atoms with Crippen molar-refractivity contribution in [3.63, 3.8) is 0 Å². The van der Waals surface area contributed by atoms with Crippen LogP contribution in [0.3, 0.4) is 0 Å². The molecule has 3 heteroatoms. The van der Waals surface area contributed by atoms with Crippen LogP contribution in [-0.4, -0.2) is 21.8 Å². The molecule has 0 bridgehead atoms. The molecule has 0 amide bonds. The monoisotopic (exact) mass is 262 g/mol. The normalized spacial score (nSPS) is 17.8. The maximum Gasteiger partial charge on any atom is 0.314 e. The molecule has 2 N–H and O–H groups in total. The van der Waals surface area contributed by atoms with Crippen molar-refractivity contribution in [2.45, 2.75) is 57.0 Å². The fourth-order valence-electron chi connectivity index (χ4n) is 2.60. The van der Waals surface area contributed by atoms with Crippen LogP contribution in [0.5, 0.6) is 0 Å². The number of carboxylic acid groups (broad SMARTS) is 1. The number of hydrogen-bond donors (Lipinski definition) is 2. The average Bonchev–Trinajstić information content (AvgIpc) is 2.25. The third-order valence-corrected chi connectivity index (χ3v) is 4.15. The summed E-state index contributed by atoms with van der Waals surface area (Å²) >= 11 is 0. The van der Waals surface area contributed by atoms with E-state index in [9.17, 15) is 15.0 Å². The van der Waals surface area contributed by atoms with Gasteiger partial charge in [0.25, 0.3) is 0 Å². The van der Waals surface area contributed by atoms with Crippen molar-refractivity contribution < 1.29 is 15.0 Å². The molecule has 0 atom stereocenters. The molecule has 1 aliphatic rings. The first-order chi connectivity index (χ1) is 8.83. The number of rotatable bonds is 5. The van der Waals surface area contributed by atoms with Gasteiger partial charge in [0.2, 0.25) is 0 Å². The molecule has 0 aromatic heterocycles. The van der Waals surface area contributed by atoms with Gasteiger partial charge in [-0.3, -0.25) is 4.79 Å². The lowest BCUT2D eigenvalue weighted by Gasteiger charge is -2.38. The smallest absolute Gasteiger partial charge is 0.314 e. The van der Waals surface area contributed by atoms with Crippen molar-refractivity contribution in [3.05, 3.63) is 35.4 Å². The first-order valence-corrected chi connectivity index (χ1v) is 6.89. The molecule has 0 unspecified atom stereocenters. The highest BCUT2D eigenvalue weighted by molar-refractivity contribution is 5.82. The van der Waals surface area contributed by atoms with E-state index in [1.165, 1.54) is 0 Å². The van der Waals surface area contributed by atoms with Gasteiger partial charge < -0.3 is 10.2 Å². The van der Waals surface area contributed by atoms with E-state index in [4.69, 9.17) is 0 Å². The highest BCUT2D eigenvalue weighted by Gasteiger charge is 2.45. The molecule has 1 saturated carbocycles. The predicted octanol–water partition coefficient (Wildman–Crippen LogP) is 2.90. The topological polar surface area (TPSA) is 57.5 Å². The second kappa shape index (κ2) is 4.97. The van der Waals surface area contributed by atoms with Gasteiger partial charge in [0.1, 0.15) is 0 Å². The van der Waals surface area contributed by atoms with E-state index in [1.54, 1.807) is 13.8 Å². The van der Waals surface area contributed by atoms with E-state index in [0.29, 0.717) is 6.42 Å². The van der Waals surface area contributed by atoms with Crippen LogP contribution in [0, 0.1) is 0 Å². The molecule has 1 fully saturated rings. The molecule has 0 spiro atoms. The van der Waals surface area contributed by atoms with Crippen LogP contribution in [0.1, 0.15) is 50.7 Å². The van der Waals surface area contributed by atoms with Gasteiger partial charge in [-0.25, -0.2) is 0 Å². The fraction of sp³-hybridized carbons (Fsp3) is 0.562. The maximum atomic E-state index is 11.4. The molecule has 0 radical (unpaired) electrons. The van der Waals surface area contributed by atoms with Crippen molar-refractivity contribution in [1.29, 1.82) is 0 Å². The molecular formula is C16H22O3. The largest absolute Gasteiger partial charge is 0.481 e. The van der Waals surface area contributed by atoms with E-state index >= 15 is 0 Å². The average molecular weight is 262 g/mol. The lowest BCUT2D eigenvalue weighted by Crippen LogP contribution is -2.42. The van der Waals surface area contributed by atoms with Gasteiger partial charge in [-0.15, -0.1) is 0 Å². The number of carboxylic acids is 1. The van der Waals surface area contributed by atoms with Gasteiger partial charge in [-0.1, -0.05) is 30.7 Å². The second-order valence-corrected chi connectivity index (χ2v) is 6.25. The predicted molar refractivity (Wildman–Crippen MR) is 74.2 cm³/mol. The van der Waals surface area contributed by atoms with Crippen LogP contribution in [0.25, 0.3) is 0 Å². The molecule has 3 nitrogen and oxygen atoms in total. The quantitative estimate of drug-likeness (QED) is 0.857. The summed E-state index contributed by atoms with van der Waals surface area (Å²) in [5.41, 5.74) is 0.757. The molecule has 104 valence electrons. The molecule has 0 heterocycles. The van der Waals surface area contributed by atoms with Crippen molar-refractivity contribution >= 4 is 5.97 Å². The van der Waals surface area contributed by atoms with E-state index < -0.39 is 17.0 Å². The van der Waals surface area contributed by atoms with Crippen LogP contribution < -0.4 is 0 Å².